The summed E-state index contributed by atoms with van der Waals surface area (Å²) >= 11 is 0. The largest absolute Gasteiger partial charge is 0.390 e. The molecular formula is C28H53F2NO. The molecule has 3 aliphatic carbocycles. The standard InChI is InChI=1S/C23H38F2O.C3H9N.C2H6/c1-6-15(3)10-11-21(4)13-17(24)12-19-18-9-8-16(7-2)22(18,5)14-20(26)23(19,21)25;1-3-4-2;1-2/h7,15-20,26H,2,6,8-14H2,1,3-5H3;4H,3H2,1-2H3;1-2H3/t15?,16?,17-,18?,19?,20?,21?,22?,23-;;/m0../s1. The van der Waals surface area contributed by atoms with Crippen molar-refractivity contribution in [2.45, 2.75) is 118 Å². The molecule has 190 valence electrons. The topological polar surface area (TPSA) is 32.3 Å². The highest BCUT2D eigenvalue weighted by Gasteiger charge is 2.70. The van der Waals surface area contributed by atoms with Crippen molar-refractivity contribution in [3.63, 3.8) is 0 Å². The van der Waals surface area contributed by atoms with E-state index in [9.17, 15) is 9.50 Å². The first kappa shape index (κ1) is 29.6. The number of aliphatic hydroxyl groups is 1. The van der Waals surface area contributed by atoms with Gasteiger partial charge in [0.1, 0.15) is 11.8 Å². The van der Waals surface area contributed by atoms with Crippen LogP contribution in [0.5, 0.6) is 0 Å². The first-order valence-electron chi connectivity index (χ1n) is 13.3. The molecule has 0 saturated heterocycles. The molecule has 3 saturated carbocycles. The van der Waals surface area contributed by atoms with Gasteiger partial charge in [-0.15, -0.1) is 6.58 Å². The normalized spacial score (nSPS) is 43.5. The summed E-state index contributed by atoms with van der Waals surface area (Å²) in [5, 5.41) is 14.0. The van der Waals surface area contributed by atoms with Gasteiger partial charge in [-0.2, -0.15) is 0 Å². The Balaban J connectivity index is 0.000000769. The molecule has 0 amide bonds. The highest BCUT2D eigenvalue weighted by Crippen LogP contribution is 2.68. The third-order valence-electron chi connectivity index (χ3n) is 9.26. The van der Waals surface area contributed by atoms with E-state index in [0.29, 0.717) is 24.7 Å². The lowest BCUT2D eigenvalue weighted by Gasteiger charge is -2.62. The van der Waals surface area contributed by atoms with Gasteiger partial charge < -0.3 is 10.4 Å². The smallest absolute Gasteiger partial charge is 0.145 e. The van der Waals surface area contributed by atoms with E-state index in [1.165, 1.54) is 0 Å². The maximum Gasteiger partial charge on any atom is 0.145 e. The molecule has 2 nitrogen and oxygen atoms in total. The van der Waals surface area contributed by atoms with Gasteiger partial charge in [0, 0.05) is 11.3 Å². The number of alkyl halides is 2. The molecule has 3 rings (SSSR count). The molecule has 2 N–H and O–H groups in total. The van der Waals surface area contributed by atoms with Gasteiger partial charge in [-0.25, -0.2) is 8.78 Å². The first-order valence-corrected chi connectivity index (χ1v) is 13.3. The molecule has 0 bridgehead atoms. The number of nitrogens with one attached hydrogen (secondary N) is 1. The minimum absolute atomic E-state index is 0.143. The molecule has 0 heterocycles. The molecule has 0 aliphatic heterocycles. The minimum atomic E-state index is -1.66. The molecule has 7 unspecified atom stereocenters. The lowest BCUT2D eigenvalue weighted by molar-refractivity contribution is -0.231. The summed E-state index contributed by atoms with van der Waals surface area (Å²) in [6, 6.07) is 0. The Morgan fingerprint density at radius 2 is 1.75 bits per heavy atom. The molecule has 3 fully saturated rings. The zero-order valence-electron chi connectivity index (χ0n) is 22.3. The lowest BCUT2D eigenvalue weighted by Crippen LogP contribution is -2.67. The lowest BCUT2D eigenvalue weighted by atomic mass is 9.45. The van der Waals surface area contributed by atoms with E-state index in [1.54, 1.807) is 0 Å². The fraction of sp³-hybridized carbons (Fsp3) is 0.929. The summed E-state index contributed by atoms with van der Waals surface area (Å²) in [6.07, 6.45) is 5.60. The molecule has 32 heavy (non-hydrogen) atoms. The van der Waals surface area contributed by atoms with E-state index in [2.05, 4.69) is 39.6 Å². The Morgan fingerprint density at radius 1 is 1.16 bits per heavy atom. The van der Waals surface area contributed by atoms with Crippen LogP contribution in [0.1, 0.15) is 99.8 Å². The summed E-state index contributed by atoms with van der Waals surface area (Å²) in [5.41, 5.74) is -2.58. The van der Waals surface area contributed by atoms with Crippen molar-refractivity contribution in [3.8, 4) is 0 Å². The summed E-state index contributed by atoms with van der Waals surface area (Å²) in [5.74, 6) is 0.599. The van der Waals surface area contributed by atoms with E-state index in [4.69, 9.17) is 0 Å². The van der Waals surface area contributed by atoms with Crippen molar-refractivity contribution >= 4 is 0 Å². The zero-order chi connectivity index (χ0) is 24.7. The van der Waals surface area contributed by atoms with Crippen LogP contribution in [0, 0.1) is 34.5 Å². The van der Waals surface area contributed by atoms with Crippen LogP contribution < -0.4 is 5.32 Å². The van der Waals surface area contributed by atoms with E-state index >= 15 is 4.39 Å². The number of hydrogen-bond donors (Lipinski definition) is 2. The highest BCUT2D eigenvalue weighted by molar-refractivity contribution is 5.20. The second-order valence-corrected chi connectivity index (χ2v) is 11.0. The van der Waals surface area contributed by atoms with Gasteiger partial charge in [0.15, 0.2) is 0 Å². The predicted octanol–water partition coefficient (Wildman–Crippen LogP) is 7.51. The van der Waals surface area contributed by atoms with Crippen molar-refractivity contribution in [2.24, 2.45) is 34.5 Å². The Morgan fingerprint density at radius 3 is 2.25 bits per heavy atom. The van der Waals surface area contributed by atoms with Crippen LogP contribution in [-0.4, -0.2) is 36.6 Å². The monoisotopic (exact) mass is 457 g/mol. The van der Waals surface area contributed by atoms with Crippen molar-refractivity contribution in [2.75, 3.05) is 13.6 Å². The summed E-state index contributed by atoms with van der Waals surface area (Å²) in [6.45, 7) is 19.5. The Bertz CT molecular complexity index is 570. The number of fused-ring (bicyclic) bond motifs is 3. The van der Waals surface area contributed by atoms with Crippen LogP contribution >= 0.6 is 0 Å². The summed E-state index contributed by atoms with van der Waals surface area (Å²) in [7, 11) is 1.93. The Hall–Kier alpha value is -0.480. The minimum Gasteiger partial charge on any atom is -0.390 e. The maximum absolute atomic E-state index is 16.8. The van der Waals surface area contributed by atoms with Gasteiger partial charge in [-0.05, 0) is 75.3 Å². The summed E-state index contributed by atoms with van der Waals surface area (Å²) in [4.78, 5) is 0. The van der Waals surface area contributed by atoms with Crippen LogP contribution in [0.2, 0.25) is 0 Å². The van der Waals surface area contributed by atoms with Gasteiger partial charge in [0.25, 0.3) is 0 Å². The molecule has 0 radical (unpaired) electrons. The van der Waals surface area contributed by atoms with E-state index in [-0.39, 0.29) is 30.1 Å². The maximum atomic E-state index is 16.8. The molecule has 3 aliphatic rings. The van der Waals surface area contributed by atoms with Crippen molar-refractivity contribution in [1.82, 2.24) is 5.32 Å². The Labute approximate surface area is 198 Å². The number of halogens is 2. The predicted molar refractivity (Wildman–Crippen MR) is 134 cm³/mol. The number of rotatable bonds is 6. The summed E-state index contributed by atoms with van der Waals surface area (Å²) < 4.78 is 31.6. The number of aliphatic hydroxyl groups excluding tert-OH is 1. The van der Waals surface area contributed by atoms with Gasteiger partial charge in [0.2, 0.25) is 0 Å². The Kier molecular flexibility index (Phi) is 11.3. The van der Waals surface area contributed by atoms with Gasteiger partial charge >= 0.3 is 0 Å². The quantitative estimate of drug-likeness (QED) is 0.404. The van der Waals surface area contributed by atoms with E-state index in [0.717, 1.165) is 32.2 Å². The number of allylic oxidation sites excluding steroid dienone is 1. The van der Waals surface area contributed by atoms with Crippen molar-refractivity contribution in [1.29, 1.82) is 0 Å². The van der Waals surface area contributed by atoms with E-state index < -0.39 is 23.4 Å². The van der Waals surface area contributed by atoms with Gasteiger partial charge in [-0.3, -0.25) is 0 Å². The van der Waals surface area contributed by atoms with Crippen LogP contribution in [0.15, 0.2) is 12.7 Å². The first-order chi connectivity index (χ1) is 15.0. The van der Waals surface area contributed by atoms with Crippen molar-refractivity contribution < 1.29 is 13.9 Å². The molecule has 0 spiro atoms. The SMILES string of the molecule is C=CC1CCC2C3C[C@H](F)CC(C)(CCC(C)CC)[C@@]3(F)C(O)CC12C.CC.CCNC. The molecule has 0 aromatic rings. The zero-order valence-corrected chi connectivity index (χ0v) is 22.3. The molecule has 4 heteroatoms. The molecule has 0 aromatic carbocycles. The van der Waals surface area contributed by atoms with Gasteiger partial charge in [-0.1, -0.05) is 67.4 Å². The highest BCUT2D eigenvalue weighted by atomic mass is 19.1. The molecule has 9 atom stereocenters. The van der Waals surface area contributed by atoms with E-state index in [1.807, 2.05) is 33.9 Å². The fourth-order valence-electron chi connectivity index (χ4n) is 7.00. The van der Waals surface area contributed by atoms with Crippen LogP contribution in [0.3, 0.4) is 0 Å². The number of hydrogen-bond acceptors (Lipinski definition) is 2. The van der Waals surface area contributed by atoms with Crippen LogP contribution in [0.4, 0.5) is 8.78 Å². The third kappa shape index (κ3) is 5.43. The second-order valence-electron chi connectivity index (χ2n) is 11.0. The fourth-order valence-corrected chi connectivity index (χ4v) is 7.00. The molecular weight excluding hydrogens is 404 g/mol. The van der Waals surface area contributed by atoms with Gasteiger partial charge in [0.05, 0.1) is 6.10 Å². The van der Waals surface area contributed by atoms with Crippen molar-refractivity contribution in [3.05, 3.63) is 12.7 Å². The average Bonchev–Trinajstić information content (AvgIpc) is 3.11. The average molecular weight is 458 g/mol. The molecule has 0 aromatic heterocycles. The second kappa shape index (κ2) is 12.3. The van der Waals surface area contributed by atoms with Crippen LogP contribution in [0.25, 0.3) is 0 Å². The van der Waals surface area contributed by atoms with Crippen LogP contribution in [-0.2, 0) is 0 Å². The third-order valence-corrected chi connectivity index (χ3v) is 9.26.